The molecule has 0 fully saturated rings. The van der Waals surface area contributed by atoms with Crippen LogP contribution in [0.15, 0.2) is 22.7 Å². The van der Waals surface area contributed by atoms with Crippen LogP contribution < -0.4 is 16.8 Å². The molecule has 5 N–H and O–H groups in total. The van der Waals surface area contributed by atoms with E-state index < -0.39 is 0 Å². The van der Waals surface area contributed by atoms with Crippen molar-refractivity contribution in [1.29, 1.82) is 0 Å². The maximum atomic E-state index is 11.7. The number of hydrogen-bond acceptors (Lipinski definition) is 3. The summed E-state index contributed by atoms with van der Waals surface area (Å²) in [5.74, 6) is -0.630. The van der Waals surface area contributed by atoms with Crippen LogP contribution in [0.1, 0.15) is 23.2 Å². The lowest BCUT2D eigenvalue weighted by atomic mass is 10.1. The van der Waals surface area contributed by atoms with Gasteiger partial charge in [-0.2, -0.15) is 0 Å². The first-order chi connectivity index (χ1) is 8.00. The quantitative estimate of drug-likeness (QED) is 0.559. The summed E-state index contributed by atoms with van der Waals surface area (Å²) in [4.78, 5) is 22.2. The zero-order valence-electron chi connectivity index (χ0n) is 9.20. The summed E-state index contributed by atoms with van der Waals surface area (Å²) >= 11 is 3.27. The second kappa shape index (κ2) is 6.24. The Morgan fingerprint density at radius 3 is 2.71 bits per heavy atom. The highest BCUT2D eigenvalue weighted by molar-refractivity contribution is 9.10. The van der Waals surface area contributed by atoms with E-state index in [1.54, 1.807) is 18.2 Å². The molecule has 5 nitrogen and oxygen atoms in total. The Bertz CT molecular complexity index is 435. The normalized spacial score (nSPS) is 9.94. The van der Waals surface area contributed by atoms with Crippen LogP contribution in [-0.2, 0) is 4.79 Å². The van der Waals surface area contributed by atoms with Crippen molar-refractivity contribution in [3.05, 3.63) is 28.2 Å². The Morgan fingerprint density at radius 2 is 2.06 bits per heavy atom. The van der Waals surface area contributed by atoms with Crippen molar-refractivity contribution in [2.24, 2.45) is 5.73 Å². The Balaban J connectivity index is 2.52. The number of hydrogen-bond donors (Lipinski definition) is 3. The Kier molecular flexibility index (Phi) is 4.96. The second-order valence-corrected chi connectivity index (χ2v) is 4.47. The molecule has 0 radical (unpaired) electrons. The van der Waals surface area contributed by atoms with Gasteiger partial charge in [0.05, 0.1) is 5.56 Å². The molecule has 0 aliphatic rings. The first-order valence-corrected chi connectivity index (χ1v) is 5.91. The number of nitrogens with one attached hydrogen (secondary N) is 1. The smallest absolute Gasteiger partial charge is 0.253 e. The zero-order valence-corrected chi connectivity index (χ0v) is 10.8. The van der Waals surface area contributed by atoms with E-state index in [1.807, 2.05) is 0 Å². The number of carbonyl (C=O) groups is 2. The minimum atomic E-state index is -0.374. The molecule has 0 spiro atoms. The second-order valence-electron chi connectivity index (χ2n) is 3.56. The fraction of sp³-hybridized carbons (Fsp3) is 0.273. The minimum absolute atomic E-state index is 0.256. The molecular weight excluding hydrogens is 286 g/mol. The van der Waals surface area contributed by atoms with E-state index in [0.717, 1.165) is 4.47 Å². The number of halogens is 1. The molecule has 0 saturated carbocycles. The van der Waals surface area contributed by atoms with Gasteiger partial charge in [-0.15, -0.1) is 0 Å². The molecule has 0 aliphatic carbocycles. The van der Waals surface area contributed by atoms with E-state index in [0.29, 0.717) is 24.2 Å². The standard InChI is InChI=1S/C11H14BrN3O2/c12-7-3-4-9(13)8(6-7)11(17)15-5-1-2-10(14)16/h3-4,6H,1-2,5,13H2,(H2,14,16)(H,15,17). The zero-order chi connectivity index (χ0) is 12.8. The topological polar surface area (TPSA) is 98.2 Å². The lowest BCUT2D eigenvalue weighted by Gasteiger charge is -2.07. The largest absolute Gasteiger partial charge is 0.398 e. The van der Waals surface area contributed by atoms with Gasteiger partial charge in [-0.05, 0) is 24.6 Å². The number of nitrogen functional groups attached to an aromatic ring is 1. The maximum absolute atomic E-state index is 11.7. The molecule has 0 heterocycles. The van der Waals surface area contributed by atoms with E-state index in [1.165, 1.54) is 0 Å². The molecule has 0 saturated heterocycles. The first-order valence-electron chi connectivity index (χ1n) is 5.12. The number of carbonyl (C=O) groups excluding carboxylic acids is 2. The van der Waals surface area contributed by atoms with Gasteiger partial charge in [0, 0.05) is 23.1 Å². The molecule has 0 aliphatic heterocycles. The third-order valence-electron chi connectivity index (χ3n) is 2.15. The van der Waals surface area contributed by atoms with Crippen LogP contribution in [-0.4, -0.2) is 18.4 Å². The summed E-state index contributed by atoms with van der Waals surface area (Å²) in [5.41, 5.74) is 11.5. The van der Waals surface area contributed by atoms with Crippen molar-refractivity contribution in [2.45, 2.75) is 12.8 Å². The predicted octanol–water partition coefficient (Wildman–Crippen LogP) is 1.03. The number of primary amides is 1. The monoisotopic (exact) mass is 299 g/mol. The molecule has 0 aromatic heterocycles. The maximum Gasteiger partial charge on any atom is 0.253 e. The average molecular weight is 300 g/mol. The van der Waals surface area contributed by atoms with Gasteiger partial charge in [-0.25, -0.2) is 0 Å². The van der Waals surface area contributed by atoms with Gasteiger partial charge < -0.3 is 16.8 Å². The van der Waals surface area contributed by atoms with Gasteiger partial charge >= 0.3 is 0 Å². The number of amides is 2. The molecule has 1 aromatic rings. The van der Waals surface area contributed by atoms with Gasteiger partial charge in [0.1, 0.15) is 0 Å². The van der Waals surface area contributed by atoms with Gasteiger partial charge in [-0.3, -0.25) is 9.59 Å². The molecule has 0 bridgehead atoms. The van der Waals surface area contributed by atoms with E-state index in [2.05, 4.69) is 21.2 Å². The van der Waals surface area contributed by atoms with Crippen LogP contribution in [0.3, 0.4) is 0 Å². The van der Waals surface area contributed by atoms with Crippen molar-refractivity contribution in [1.82, 2.24) is 5.32 Å². The van der Waals surface area contributed by atoms with Crippen molar-refractivity contribution in [3.63, 3.8) is 0 Å². The molecule has 92 valence electrons. The van der Waals surface area contributed by atoms with Crippen molar-refractivity contribution in [2.75, 3.05) is 12.3 Å². The van der Waals surface area contributed by atoms with E-state index >= 15 is 0 Å². The van der Waals surface area contributed by atoms with E-state index in [9.17, 15) is 9.59 Å². The summed E-state index contributed by atoms with van der Waals surface area (Å²) in [7, 11) is 0. The Hall–Kier alpha value is -1.56. The Morgan fingerprint density at radius 1 is 1.35 bits per heavy atom. The van der Waals surface area contributed by atoms with E-state index in [-0.39, 0.29) is 18.2 Å². The molecule has 1 aromatic carbocycles. The summed E-state index contributed by atoms with van der Waals surface area (Å²) < 4.78 is 0.786. The van der Waals surface area contributed by atoms with Gasteiger partial charge in [-0.1, -0.05) is 15.9 Å². The SMILES string of the molecule is NC(=O)CCCNC(=O)c1cc(Br)ccc1N. The highest BCUT2D eigenvalue weighted by atomic mass is 79.9. The van der Waals surface area contributed by atoms with Crippen LogP contribution in [0.5, 0.6) is 0 Å². The van der Waals surface area contributed by atoms with Crippen LogP contribution in [0.25, 0.3) is 0 Å². The van der Waals surface area contributed by atoms with Crippen molar-refractivity contribution in [3.8, 4) is 0 Å². The number of rotatable bonds is 5. The fourth-order valence-electron chi connectivity index (χ4n) is 1.28. The van der Waals surface area contributed by atoms with Gasteiger partial charge in [0.25, 0.3) is 5.91 Å². The predicted molar refractivity (Wildman–Crippen MR) is 69.3 cm³/mol. The summed E-state index contributed by atoms with van der Waals surface area (Å²) in [5, 5.41) is 2.67. The fourth-order valence-corrected chi connectivity index (χ4v) is 1.65. The molecular formula is C11H14BrN3O2. The number of nitrogens with two attached hydrogens (primary N) is 2. The molecule has 0 atom stereocenters. The lowest BCUT2D eigenvalue weighted by Crippen LogP contribution is -2.26. The number of benzene rings is 1. The van der Waals surface area contributed by atoms with Gasteiger partial charge in [0.15, 0.2) is 0 Å². The number of anilines is 1. The highest BCUT2D eigenvalue weighted by Crippen LogP contribution is 2.18. The first kappa shape index (κ1) is 13.5. The van der Waals surface area contributed by atoms with Crippen molar-refractivity contribution >= 4 is 33.4 Å². The van der Waals surface area contributed by atoms with Crippen LogP contribution >= 0.6 is 15.9 Å². The summed E-state index contributed by atoms with van der Waals surface area (Å²) in [6, 6.07) is 5.07. The van der Waals surface area contributed by atoms with E-state index in [4.69, 9.17) is 11.5 Å². The van der Waals surface area contributed by atoms with Gasteiger partial charge in [0.2, 0.25) is 5.91 Å². The van der Waals surface area contributed by atoms with Crippen LogP contribution in [0, 0.1) is 0 Å². The molecule has 0 unspecified atom stereocenters. The Labute approximate surface area is 108 Å². The molecule has 2 amide bonds. The molecule has 17 heavy (non-hydrogen) atoms. The van der Waals surface area contributed by atoms with Crippen LogP contribution in [0.4, 0.5) is 5.69 Å². The molecule has 1 rings (SSSR count). The summed E-state index contributed by atoms with van der Waals surface area (Å²) in [6.45, 7) is 0.397. The summed E-state index contributed by atoms with van der Waals surface area (Å²) in [6.07, 6.45) is 0.781. The minimum Gasteiger partial charge on any atom is -0.398 e. The molecule has 6 heteroatoms. The third-order valence-corrected chi connectivity index (χ3v) is 2.64. The highest BCUT2D eigenvalue weighted by Gasteiger charge is 2.09. The average Bonchev–Trinajstić information content (AvgIpc) is 2.27. The van der Waals surface area contributed by atoms with Crippen molar-refractivity contribution < 1.29 is 9.59 Å². The third kappa shape index (κ3) is 4.44. The van der Waals surface area contributed by atoms with Crippen LogP contribution in [0.2, 0.25) is 0 Å². The lowest BCUT2D eigenvalue weighted by molar-refractivity contribution is -0.118.